The highest BCUT2D eigenvalue weighted by Crippen LogP contribution is 2.45. The molecule has 19 heteroatoms. The van der Waals surface area contributed by atoms with Gasteiger partial charge in [0.15, 0.2) is 5.75 Å². The summed E-state index contributed by atoms with van der Waals surface area (Å²) in [5.74, 6) is -2.18. The molecule has 0 aliphatic rings. The first-order chi connectivity index (χ1) is 12.5. The van der Waals surface area contributed by atoms with E-state index in [1.54, 1.807) is 0 Å². The minimum atomic E-state index is -6.86. The second-order valence-electron chi connectivity index (χ2n) is 4.80. The third-order valence-corrected chi connectivity index (χ3v) is 7.45. The minimum Gasteiger partial charge on any atom is -0.494 e. The topological polar surface area (TPSA) is 112 Å². The summed E-state index contributed by atoms with van der Waals surface area (Å²) in [6.07, 6.45) is 0. The Morgan fingerprint density at radius 2 is 0.897 bits per heavy atom. The number of sulfone groups is 3. The van der Waals surface area contributed by atoms with Gasteiger partial charge in [-0.3, -0.25) is 0 Å². The van der Waals surface area contributed by atoms with Crippen LogP contribution < -0.4 is 4.74 Å². The first-order valence-corrected chi connectivity index (χ1v) is 10.6. The molecular weight excluding hydrogens is 499 g/mol. The van der Waals surface area contributed by atoms with Gasteiger partial charge in [-0.25, -0.2) is 25.3 Å². The smallest absolute Gasteiger partial charge is 0.494 e. The molecule has 0 aliphatic carbocycles. The number of rotatable bonds is 4. The number of hydrogen-bond donors (Lipinski definition) is 0. The van der Waals surface area contributed by atoms with Gasteiger partial charge >= 0.3 is 16.5 Å². The van der Waals surface area contributed by atoms with Crippen LogP contribution in [0.5, 0.6) is 5.75 Å². The van der Waals surface area contributed by atoms with Gasteiger partial charge in [-0.05, 0) is 12.1 Å². The highest BCUT2D eigenvalue weighted by Gasteiger charge is 2.55. The summed E-state index contributed by atoms with van der Waals surface area (Å²) in [4.78, 5) is -7.67. The van der Waals surface area contributed by atoms with E-state index < -0.39 is 78.6 Å². The Bertz CT molecular complexity index is 1060. The van der Waals surface area contributed by atoms with Crippen LogP contribution in [0.4, 0.5) is 39.5 Å². The fourth-order valence-corrected chi connectivity index (χ4v) is 4.66. The number of alkyl halides is 9. The molecule has 1 rings (SSSR count). The van der Waals surface area contributed by atoms with Crippen molar-refractivity contribution in [3.05, 3.63) is 12.1 Å². The predicted octanol–water partition coefficient (Wildman–Crippen LogP) is 2.58. The molecule has 0 heterocycles. The monoisotopic (exact) mass is 504 g/mol. The normalized spacial score (nSPS) is 14.7. The fourth-order valence-electron chi connectivity index (χ4n) is 1.69. The maximum absolute atomic E-state index is 12.8. The highest BCUT2D eigenvalue weighted by molar-refractivity contribution is 7.94. The first kappa shape index (κ1) is 25.3. The lowest BCUT2D eigenvalue weighted by atomic mass is 10.3. The third kappa shape index (κ3) is 4.11. The summed E-state index contributed by atoms with van der Waals surface area (Å²) < 4.78 is 188. The quantitative estimate of drug-likeness (QED) is 0.580. The van der Waals surface area contributed by atoms with Crippen LogP contribution in [0.2, 0.25) is 0 Å². The summed E-state index contributed by atoms with van der Waals surface area (Å²) in [5.41, 5.74) is -19.1. The second kappa shape index (κ2) is 6.89. The Balaban J connectivity index is 4.34. The lowest BCUT2D eigenvalue weighted by molar-refractivity contribution is -0.0439. The van der Waals surface area contributed by atoms with Crippen LogP contribution in [0.3, 0.4) is 0 Å². The van der Waals surface area contributed by atoms with Crippen LogP contribution in [-0.4, -0.2) is 48.9 Å². The van der Waals surface area contributed by atoms with E-state index in [1.165, 1.54) is 0 Å². The van der Waals surface area contributed by atoms with E-state index in [0.717, 1.165) is 0 Å². The lowest BCUT2D eigenvalue weighted by Crippen LogP contribution is -2.29. The van der Waals surface area contributed by atoms with Gasteiger partial charge in [-0.15, -0.1) is 0 Å². The van der Waals surface area contributed by atoms with Gasteiger partial charge in [0.1, 0.15) is 9.79 Å². The molecule has 0 spiro atoms. The molecular formula is C10H5F9O7S3. The number of hydrogen-bond acceptors (Lipinski definition) is 7. The average molecular weight is 504 g/mol. The van der Waals surface area contributed by atoms with E-state index in [1.807, 2.05) is 0 Å². The van der Waals surface area contributed by atoms with Crippen molar-refractivity contribution in [3.63, 3.8) is 0 Å². The Morgan fingerprint density at radius 3 is 1.10 bits per heavy atom. The molecule has 0 unspecified atom stereocenters. The zero-order valence-corrected chi connectivity index (χ0v) is 15.6. The van der Waals surface area contributed by atoms with Crippen LogP contribution in [0.15, 0.2) is 26.8 Å². The average Bonchev–Trinajstić information content (AvgIpc) is 2.49. The van der Waals surface area contributed by atoms with Gasteiger partial charge in [0.2, 0.25) is 0 Å². The molecule has 29 heavy (non-hydrogen) atoms. The van der Waals surface area contributed by atoms with E-state index in [0.29, 0.717) is 0 Å². The summed E-state index contributed by atoms with van der Waals surface area (Å²) in [7, 11) is -20.3. The number of ether oxygens (including phenoxy) is 1. The van der Waals surface area contributed by atoms with Gasteiger partial charge in [-0.2, -0.15) is 39.5 Å². The van der Waals surface area contributed by atoms with Crippen molar-refractivity contribution < 1.29 is 69.5 Å². The van der Waals surface area contributed by atoms with Crippen LogP contribution in [0.1, 0.15) is 0 Å². The summed E-state index contributed by atoms with van der Waals surface area (Å²) >= 11 is 0. The summed E-state index contributed by atoms with van der Waals surface area (Å²) in [5, 5.41) is 0. The number of methoxy groups -OCH3 is 1. The van der Waals surface area contributed by atoms with Crippen LogP contribution in [-0.2, 0) is 29.5 Å². The van der Waals surface area contributed by atoms with Gasteiger partial charge in [0.05, 0.1) is 12.0 Å². The minimum absolute atomic E-state index is 0.206. The number of benzene rings is 1. The molecule has 7 nitrogen and oxygen atoms in total. The lowest BCUT2D eigenvalue weighted by Gasteiger charge is -2.18. The van der Waals surface area contributed by atoms with Crippen molar-refractivity contribution in [2.24, 2.45) is 0 Å². The molecule has 0 bridgehead atoms. The molecule has 1 aromatic carbocycles. The fraction of sp³-hybridized carbons (Fsp3) is 0.400. The zero-order valence-electron chi connectivity index (χ0n) is 13.1. The van der Waals surface area contributed by atoms with Crippen molar-refractivity contribution in [1.82, 2.24) is 0 Å². The molecule has 0 saturated heterocycles. The Morgan fingerprint density at radius 1 is 0.621 bits per heavy atom. The van der Waals surface area contributed by atoms with Crippen LogP contribution >= 0.6 is 0 Å². The largest absolute Gasteiger partial charge is 0.502 e. The van der Waals surface area contributed by atoms with E-state index in [-0.39, 0.29) is 7.11 Å². The first-order valence-electron chi connectivity index (χ1n) is 6.19. The van der Waals surface area contributed by atoms with Crippen molar-refractivity contribution in [2.45, 2.75) is 31.2 Å². The molecule has 0 aliphatic heterocycles. The van der Waals surface area contributed by atoms with E-state index in [9.17, 15) is 64.8 Å². The maximum Gasteiger partial charge on any atom is 0.502 e. The highest BCUT2D eigenvalue weighted by atomic mass is 32.2. The predicted molar refractivity (Wildman–Crippen MR) is 72.7 cm³/mol. The van der Waals surface area contributed by atoms with Crippen molar-refractivity contribution in [2.75, 3.05) is 7.11 Å². The van der Waals surface area contributed by atoms with Crippen molar-refractivity contribution in [1.29, 1.82) is 0 Å². The number of halogens is 9. The molecule has 0 N–H and O–H groups in total. The summed E-state index contributed by atoms with van der Waals surface area (Å²) in [6, 6.07) is -1.61. The Kier molecular flexibility index (Phi) is 6.01. The maximum atomic E-state index is 12.8. The van der Waals surface area contributed by atoms with E-state index in [2.05, 4.69) is 4.74 Å². The standard InChI is InChI=1S/C10H5F9O7S3/c1-26-7-5(28(22,23)9(14,15)16)2-4(27(20,21)8(11,12)13)3-6(7)29(24,25)10(17,18)19/h2-3H,1H3. The third-order valence-electron chi connectivity index (χ3n) is 3.00. The molecule has 0 radical (unpaired) electrons. The van der Waals surface area contributed by atoms with Gasteiger partial charge < -0.3 is 4.74 Å². The van der Waals surface area contributed by atoms with Crippen molar-refractivity contribution >= 4 is 29.5 Å². The van der Waals surface area contributed by atoms with Crippen LogP contribution in [0, 0.1) is 0 Å². The molecule has 168 valence electrons. The molecule has 0 fully saturated rings. The summed E-state index contributed by atoms with van der Waals surface area (Å²) in [6.45, 7) is 0. The molecule has 1 aromatic rings. The Labute approximate surface area is 155 Å². The molecule has 0 saturated carbocycles. The molecule has 0 amide bonds. The van der Waals surface area contributed by atoms with Crippen molar-refractivity contribution in [3.8, 4) is 5.75 Å². The van der Waals surface area contributed by atoms with Crippen LogP contribution in [0.25, 0.3) is 0 Å². The van der Waals surface area contributed by atoms with Gasteiger partial charge in [0, 0.05) is 0 Å². The van der Waals surface area contributed by atoms with E-state index in [4.69, 9.17) is 0 Å². The SMILES string of the molecule is COc1c(S(=O)(=O)C(F)(F)F)cc(S(=O)(=O)C(F)(F)F)cc1S(=O)(=O)C(F)(F)F. The molecule has 0 atom stereocenters. The van der Waals surface area contributed by atoms with Gasteiger partial charge in [0.25, 0.3) is 29.5 Å². The Hall–Kier alpha value is -1.76. The zero-order chi connectivity index (χ0) is 23.4. The van der Waals surface area contributed by atoms with E-state index >= 15 is 0 Å². The molecule has 0 aromatic heterocycles. The second-order valence-corrected chi connectivity index (χ2v) is 10.6. The van der Waals surface area contributed by atoms with Gasteiger partial charge in [-0.1, -0.05) is 0 Å².